The van der Waals surface area contributed by atoms with Gasteiger partial charge in [0.1, 0.15) is 0 Å². The lowest BCUT2D eigenvalue weighted by atomic mass is 9.80. The average Bonchev–Trinajstić information content (AvgIpc) is 2.47. The van der Waals surface area contributed by atoms with Crippen LogP contribution in [0.1, 0.15) is 55.5 Å². The lowest BCUT2D eigenvalue weighted by Gasteiger charge is -2.38. The van der Waals surface area contributed by atoms with Gasteiger partial charge in [0, 0.05) is 18.7 Å². The van der Waals surface area contributed by atoms with Crippen LogP contribution in [0, 0.1) is 5.41 Å². The highest BCUT2D eigenvalue weighted by molar-refractivity contribution is 5.94. The third kappa shape index (κ3) is 3.21. The normalized spacial score (nSPS) is 18.4. The number of hydrogen-bond donors (Lipinski definition) is 1. The molecule has 0 aromatic heterocycles. The van der Waals surface area contributed by atoms with Gasteiger partial charge in [0.2, 0.25) is 0 Å². The molecule has 0 aliphatic carbocycles. The van der Waals surface area contributed by atoms with Crippen LogP contribution in [0.25, 0.3) is 0 Å². The SMILES string of the molecule is CC(C)c1ccc(C(=O)N2CCC(C)(CN)CC2)cc1. The smallest absolute Gasteiger partial charge is 0.253 e. The van der Waals surface area contributed by atoms with Gasteiger partial charge in [-0.1, -0.05) is 32.9 Å². The number of carbonyl (C=O) groups is 1. The summed E-state index contributed by atoms with van der Waals surface area (Å²) in [5.74, 6) is 0.652. The third-order valence-corrected chi connectivity index (χ3v) is 4.57. The van der Waals surface area contributed by atoms with Crippen LogP contribution in [0.15, 0.2) is 24.3 Å². The molecule has 1 heterocycles. The van der Waals surface area contributed by atoms with E-state index in [1.165, 1.54) is 5.56 Å². The summed E-state index contributed by atoms with van der Waals surface area (Å²) >= 11 is 0. The Labute approximate surface area is 122 Å². The predicted molar refractivity (Wildman–Crippen MR) is 82.8 cm³/mol. The van der Waals surface area contributed by atoms with Gasteiger partial charge in [-0.15, -0.1) is 0 Å². The van der Waals surface area contributed by atoms with E-state index in [0.717, 1.165) is 31.5 Å². The van der Waals surface area contributed by atoms with Gasteiger partial charge < -0.3 is 10.6 Å². The van der Waals surface area contributed by atoms with E-state index in [9.17, 15) is 4.79 Å². The minimum Gasteiger partial charge on any atom is -0.339 e. The van der Waals surface area contributed by atoms with Crippen molar-refractivity contribution in [2.75, 3.05) is 19.6 Å². The van der Waals surface area contributed by atoms with Crippen molar-refractivity contribution in [1.29, 1.82) is 0 Å². The zero-order valence-corrected chi connectivity index (χ0v) is 12.9. The van der Waals surface area contributed by atoms with E-state index in [2.05, 4.69) is 32.9 Å². The summed E-state index contributed by atoms with van der Waals surface area (Å²) in [4.78, 5) is 14.4. The molecule has 0 spiro atoms. The topological polar surface area (TPSA) is 46.3 Å². The number of carbonyl (C=O) groups excluding carboxylic acids is 1. The summed E-state index contributed by atoms with van der Waals surface area (Å²) in [6.07, 6.45) is 2.00. The van der Waals surface area contributed by atoms with Crippen LogP contribution < -0.4 is 5.73 Å². The van der Waals surface area contributed by atoms with Gasteiger partial charge in [0.15, 0.2) is 0 Å². The second kappa shape index (κ2) is 5.96. The Bertz CT molecular complexity index is 456. The molecule has 2 rings (SSSR count). The monoisotopic (exact) mass is 274 g/mol. The summed E-state index contributed by atoms with van der Waals surface area (Å²) in [6, 6.07) is 8.03. The van der Waals surface area contributed by atoms with Crippen LogP contribution in [0.4, 0.5) is 0 Å². The molecule has 0 bridgehead atoms. The summed E-state index contributed by atoms with van der Waals surface area (Å²) in [5.41, 5.74) is 8.09. The Morgan fingerprint density at radius 2 is 1.80 bits per heavy atom. The average molecular weight is 274 g/mol. The van der Waals surface area contributed by atoms with E-state index in [0.29, 0.717) is 12.5 Å². The zero-order valence-electron chi connectivity index (χ0n) is 12.9. The van der Waals surface area contributed by atoms with Crippen LogP contribution in [0.3, 0.4) is 0 Å². The predicted octanol–water partition coefficient (Wildman–Crippen LogP) is 3.01. The number of likely N-dealkylation sites (tertiary alicyclic amines) is 1. The lowest BCUT2D eigenvalue weighted by Crippen LogP contribution is -2.44. The highest BCUT2D eigenvalue weighted by Gasteiger charge is 2.30. The van der Waals surface area contributed by atoms with Crippen molar-refractivity contribution in [2.45, 2.75) is 39.5 Å². The maximum atomic E-state index is 12.5. The van der Waals surface area contributed by atoms with Crippen LogP contribution in [0.2, 0.25) is 0 Å². The molecule has 1 saturated heterocycles. The Morgan fingerprint density at radius 1 is 1.25 bits per heavy atom. The Hall–Kier alpha value is -1.35. The first-order chi connectivity index (χ1) is 9.45. The van der Waals surface area contributed by atoms with Gasteiger partial charge in [-0.3, -0.25) is 4.79 Å². The molecule has 110 valence electrons. The molecule has 0 atom stereocenters. The molecule has 2 N–H and O–H groups in total. The van der Waals surface area contributed by atoms with E-state index >= 15 is 0 Å². The second-order valence-corrected chi connectivity index (χ2v) is 6.58. The lowest BCUT2D eigenvalue weighted by molar-refractivity contribution is 0.0617. The fourth-order valence-electron chi connectivity index (χ4n) is 2.65. The first-order valence-electron chi connectivity index (χ1n) is 7.54. The molecule has 3 nitrogen and oxygen atoms in total. The van der Waals surface area contributed by atoms with E-state index < -0.39 is 0 Å². The van der Waals surface area contributed by atoms with Crippen molar-refractivity contribution in [2.24, 2.45) is 11.1 Å². The molecule has 20 heavy (non-hydrogen) atoms. The van der Waals surface area contributed by atoms with Gasteiger partial charge in [0.25, 0.3) is 5.91 Å². The first-order valence-corrected chi connectivity index (χ1v) is 7.54. The van der Waals surface area contributed by atoms with Gasteiger partial charge in [-0.2, -0.15) is 0 Å². The minimum atomic E-state index is 0.152. The number of hydrogen-bond acceptors (Lipinski definition) is 2. The molecule has 1 aliphatic heterocycles. The molecule has 1 aromatic rings. The molecular formula is C17H26N2O. The highest BCUT2D eigenvalue weighted by Crippen LogP contribution is 2.30. The Morgan fingerprint density at radius 3 is 2.25 bits per heavy atom. The molecular weight excluding hydrogens is 248 g/mol. The number of benzene rings is 1. The number of rotatable bonds is 3. The molecule has 1 fully saturated rings. The Balaban J connectivity index is 2.02. The number of piperidine rings is 1. The van der Waals surface area contributed by atoms with Gasteiger partial charge >= 0.3 is 0 Å². The van der Waals surface area contributed by atoms with E-state index in [4.69, 9.17) is 5.73 Å². The molecule has 3 heteroatoms. The van der Waals surface area contributed by atoms with Crippen molar-refractivity contribution in [3.05, 3.63) is 35.4 Å². The standard InChI is InChI=1S/C17H26N2O/c1-13(2)14-4-6-15(7-5-14)16(20)19-10-8-17(3,12-18)9-11-19/h4-7,13H,8-12,18H2,1-3H3. The van der Waals surface area contributed by atoms with Crippen LogP contribution in [-0.4, -0.2) is 30.4 Å². The fourth-order valence-corrected chi connectivity index (χ4v) is 2.65. The van der Waals surface area contributed by atoms with E-state index in [1.807, 2.05) is 17.0 Å². The number of nitrogens with zero attached hydrogens (tertiary/aromatic N) is 1. The Kier molecular flexibility index (Phi) is 4.48. The molecule has 0 unspecified atom stereocenters. The summed E-state index contributed by atoms with van der Waals surface area (Å²) in [5, 5.41) is 0. The summed E-state index contributed by atoms with van der Waals surface area (Å²) in [7, 11) is 0. The van der Waals surface area contributed by atoms with Gasteiger partial charge in [-0.05, 0) is 48.4 Å². The third-order valence-electron chi connectivity index (χ3n) is 4.57. The van der Waals surface area contributed by atoms with Crippen molar-refractivity contribution >= 4 is 5.91 Å². The van der Waals surface area contributed by atoms with Gasteiger partial charge in [0.05, 0.1) is 0 Å². The van der Waals surface area contributed by atoms with Crippen LogP contribution in [0.5, 0.6) is 0 Å². The molecule has 0 saturated carbocycles. The molecule has 1 aromatic carbocycles. The van der Waals surface area contributed by atoms with Crippen molar-refractivity contribution in [3.63, 3.8) is 0 Å². The first kappa shape index (κ1) is 15.0. The van der Waals surface area contributed by atoms with Crippen LogP contribution >= 0.6 is 0 Å². The summed E-state index contributed by atoms with van der Waals surface area (Å²) < 4.78 is 0. The number of nitrogens with two attached hydrogens (primary N) is 1. The summed E-state index contributed by atoms with van der Waals surface area (Å²) in [6.45, 7) is 8.88. The van der Waals surface area contributed by atoms with Crippen molar-refractivity contribution in [1.82, 2.24) is 4.90 Å². The maximum absolute atomic E-state index is 12.5. The maximum Gasteiger partial charge on any atom is 0.253 e. The largest absolute Gasteiger partial charge is 0.339 e. The van der Waals surface area contributed by atoms with E-state index in [1.54, 1.807) is 0 Å². The zero-order chi connectivity index (χ0) is 14.8. The molecule has 1 aliphatic rings. The molecule has 1 amide bonds. The highest BCUT2D eigenvalue weighted by atomic mass is 16.2. The van der Waals surface area contributed by atoms with Crippen LogP contribution in [-0.2, 0) is 0 Å². The fraction of sp³-hybridized carbons (Fsp3) is 0.588. The van der Waals surface area contributed by atoms with Crippen molar-refractivity contribution < 1.29 is 4.79 Å². The minimum absolute atomic E-state index is 0.152. The molecule has 0 radical (unpaired) electrons. The second-order valence-electron chi connectivity index (χ2n) is 6.58. The quantitative estimate of drug-likeness (QED) is 0.921. The number of amides is 1. The van der Waals surface area contributed by atoms with E-state index in [-0.39, 0.29) is 11.3 Å². The van der Waals surface area contributed by atoms with Gasteiger partial charge in [-0.25, -0.2) is 0 Å². The van der Waals surface area contributed by atoms with Crippen molar-refractivity contribution in [3.8, 4) is 0 Å².